The van der Waals surface area contributed by atoms with Gasteiger partial charge in [-0.15, -0.1) is 6.58 Å². The van der Waals surface area contributed by atoms with Crippen molar-refractivity contribution in [1.82, 2.24) is 9.97 Å². The van der Waals surface area contributed by atoms with Gasteiger partial charge in [0.15, 0.2) is 0 Å². The number of hydrogen-bond acceptors (Lipinski definition) is 2. The highest BCUT2D eigenvalue weighted by Crippen LogP contribution is 2.02. The van der Waals surface area contributed by atoms with Crippen molar-refractivity contribution in [1.29, 1.82) is 0 Å². The van der Waals surface area contributed by atoms with E-state index in [4.69, 9.17) is 0 Å². The number of aromatic nitrogens is 2. The quantitative estimate of drug-likeness (QED) is 0.598. The molecule has 58 valence electrons. The number of allylic oxidation sites excluding steroid dienone is 1. The van der Waals surface area contributed by atoms with Gasteiger partial charge in [-0.25, -0.2) is 0 Å². The third-order valence-electron chi connectivity index (χ3n) is 1.51. The van der Waals surface area contributed by atoms with Crippen LogP contribution in [0.5, 0.6) is 0 Å². The molecule has 2 nitrogen and oxygen atoms in total. The highest BCUT2D eigenvalue weighted by Gasteiger charge is 1.97. The summed E-state index contributed by atoms with van der Waals surface area (Å²) in [6.07, 6.45) is 4.43. The third kappa shape index (κ3) is 1.87. The standard InChI is InChI=1S/C9H12N2/c1-4-5-9-8(3)11-7(2)6-10-9/h4,6H,1,5H2,2-3H3. The molecule has 0 amide bonds. The Kier molecular flexibility index (Phi) is 2.36. The maximum absolute atomic E-state index is 4.28. The summed E-state index contributed by atoms with van der Waals surface area (Å²) in [5.74, 6) is 0. The molecule has 0 aliphatic carbocycles. The Morgan fingerprint density at radius 2 is 2.27 bits per heavy atom. The first kappa shape index (κ1) is 7.92. The third-order valence-corrected chi connectivity index (χ3v) is 1.51. The monoisotopic (exact) mass is 148 g/mol. The Morgan fingerprint density at radius 3 is 2.82 bits per heavy atom. The van der Waals surface area contributed by atoms with Crippen LogP contribution in [0.2, 0.25) is 0 Å². The van der Waals surface area contributed by atoms with Gasteiger partial charge in [0.25, 0.3) is 0 Å². The Hall–Kier alpha value is -1.18. The van der Waals surface area contributed by atoms with E-state index >= 15 is 0 Å². The molecule has 0 radical (unpaired) electrons. The molecule has 0 N–H and O–H groups in total. The van der Waals surface area contributed by atoms with E-state index in [0.717, 1.165) is 23.5 Å². The molecule has 0 saturated carbocycles. The van der Waals surface area contributed by atoms with E-state index in [1.807, 2.05) is 19.9 Å². The van der Waals surface area contributed by atoms with Crippen molar-refractivity contribution in [2.24, 2.45) is 0 Å². The molecular weight excluding hydrogens is 136 g/mol. The summed E-state index contributed by atoms with van der Waals surface area (Å²) < 4.78 is 0. The second-order valence-electron chi connectivity index (χ2n) is 2.54. The van der Waals surface area contributed by atoms with Crippen molar-refractivity contribution in [2.75, 3.05) is 0 Å². The maximum atomic E-state index is 4.28. The van der Waals surface area contributed by atoms with Gasteiger partial charge in [0.2, 0.25) is 0 Å². The molecule has 0 unspecified atom stereocenters. The predicted octanol–water partition coefficient (Wildman–Crippen LogP) is 1.82. The lowest BCUT2D eigenvalue weighted by Crippen LogP contribution is -1.96. The van der Waals surface area contributed by atoms with Crippen LogP contribution >= 0.6 is 0 Å². The van der Waals surface area contributed by atoms with E-state index in [-0.39, 0.29) is 0 Å². The summed E-state index contributed by atoms with van der Waals surface area (Å²) in [4.78, 5) is 8.52. The van der Waals surface area contributed by atoms with Crippen LogP contribution in [0, 0.1) is 13.8 Å². The second kappa shape index (κ2) is 3.28. The Labute approximate surface area is 67.0 Å². The van der Waals surface area contributed by atoms with Crippen LogP contribution < -0.4 is 0 Å². The summed E-state index contributed by atoms with van der Waals surface area (Å²) in [5, 5.41) is 0. The molecule has 0 aliphatic heterocycles. The fourth-order valence-corrected chi connectivity index (χ4v) is 0.960. The minimum absolute atomic E-state index is 0.805. The highest BCUT2D eigenvalue weighted by atomic mass is 14.8. The molecule has 1 rings (SSSR count). The molecular formula is C9H12N2. The van der Waals surface area contributed by atoms with Gasteiger partial charge < -0.3 is 0 Å². The van der Waals surface area contributed by atoms with Gasteiger partial charge in [-0.3, -0.25) is 9.97 Å². The molecule has 0 fully saturated rings. The van der Waals surface area contributed by atoms with Gasteiger partial charge in [-0.05, 0) is 13.8 Å². The van der Waals surface area contributed by atoms with Crippen LogP contribution in [0.4, 0.5) is 0 Å². The van der Waals surface area contributed by atoms with E-state index in [2.05, 4.69) is 16.5 Å². The molecule has 11 heavy (non-hydrogen) atoms. The minimum Gasteiger partial charge on any atom is -0.257 e. The minimum atomic E-state index is 0.805. The van der Waals surface area contributed by atoms with Gasteiger partial charge in [-0.1, -0.05) is 6.08 Å². The Balaban J connectivity index is 2.98. The Bertz CT molecular complexity index is 266. The summed E-state index contributed by atoms with van der Waals surface area (Å²) in [6, 6.07) is 0. The average molecular weight is 148 g/mol. The molecule has 0 saturated heterocycles. The van der Waals surface area contributed by atoms with Crippen LogP contribution in [0.3, 0.4) is 0 Å². The van der Waals surface area contributed by atoms with E-state index in [1.54, 1.807) is 6.20 Å². The van der Waals surface area contributed by atoms with Crippen LogP contribution in [-0.4, -0.2) is 9.97 Å². The molecule has 1 heterocycles. The van der Waals surface area contributed by atoms with Gasteiger partial charge in [0.1, 0.15) is 0 Å². The Morgan fingerprint density at radius 1 is 1.55 bits per heavy atom. The molecule has 1 aromatic heterocycles. The maximum Gasteiger partial charge on any atom is 0.0653 e. The van der Waals surface area contributed by atoms with E-state index < -0.39 is 0 Å². The lowest BCUT2D eigenvalue weighted by molar-refractivity contribution is 0.968. The summed E-state index contributed by atoms with van der Waals surface area (Å²) >= 11 is 0. The number of hydrogen-bond donors (Lipinski definition) is 0. The van der Waals surface area contributed by atoms with Crippen LogP contribution in [0.1, 0.15) is 17.1 Å². The smallest absolute Gasteiger partial charge is 0.0653 e. The zero-order valence-corrected chi connectivity index (χ0v) is 6.96. The summed E-state index contributed by atoms with van der Waals surface area (Å²) in [7, 11) is 0. The predicted molar refractivity (Wildman–Crippen MR) is 45.4 cm³/mol. The van der Waals surface area contributed by atoms with Crippen molar-refractivity contribution in [2.45, 2.75) is 20.3 Å². The van der Waals surface area contributed by atoms with Crippen molar-refractivity contribution in [3.63, 3.8) is 0 Å². The van der Waals surface area contributed by atoms with Crippen LogP contribution in [0.25, 0.3) is 0 Å². The van der Waals surface area contributed by atoms with Crippen LogP contribution in [0.15, 0.2) is 18.9 Å². The van der Waals surface area contributed by atoms with Crippen molar-refractivity contribution in [3.8, 4) is 0 Å². The van der Waals surface area contributed by atoms with E-state index in [9.17, 15) is 0 Å². The van der Waals surface area contributed by atoms with Crippen molar-refractivity contribution < 1.29 is 0 Å². The molecule has 0 bridgehead atoms. The first-order valence-corrected chi connectivity index (χ1v) is 3.64. The van der Waals surface area contributed by atoms with E-state index in [1.165, 1.54) is 0 Å². The normalized spacial score (nSPS) is 9.64. The molecule has 0 aliphatic rings. The lowest BCUT2D eigenvalue weighted by Gasteiger charge is -2.00. The molecule has 0 atom stereocenters. The van der Waals surface area contributed by atoms with E-state index in [0.29, 0.717) is 0 Å². The van der Waals surface area contributed by atoms with Gasteiger partial charge in [0, 0.05) is 12.6 Å². The fourth-order valence-electron chi connectivity index (χ4n) is 0.960. The number of aryl methyl sites for hydroxylation is 2. The summed E-state index contributed by atoms with van der Waals surface area (Å²) in [5.41, 5.74) is 2.99. The van der Waals surface area contributed by atoms with Crippen LogP contribution in [-0.2, 0) is 6.42 Å². The first-order valence-electron chi connectivity index (χ1n) is 3.64. The topological polar surface area (TPSA) is 25.8 Å². The van der Waals surface area contributed by atoms with Crippen molar-refractivity contribution >= 4 is 0 Å². The number of nitrogens with zero attached hydrogens (tertiary/aromatic N) is 2. The SMILES string of the molecule is C=CCc1ncc(C)nc1C. The number of rotatable bonds is 2. The van der Waals surface area contributed by atoms with Crippen molar-refractivity contribution in [3.05, 3.63) is 35.9 Å². The first-order chi connectivity index (χ1) is 5.24. The molecule has 0 aromatic carbocycles. The van der Waals surface area contributed by atoms with Gasteiger partial charge >= 0.3 is 0 Å². The zero-order chi connectivity index (χ0) is 8.27. The summed E-state index contributed by atoms with van der Waals surface area (Å²) in [6.45, 7) is 7.56. The van der Waals surface area contributed by atoms with Gasteiger partial charge in [0.05, 0.1) is 17.1 Å². The second-order valence-corrected chi connectivity index (χ2v) is 2.54. The molecule has 0 spiro atoms. The highest BCUT2D eigenvalue weighted by molar-refractivity contribution is 5.13. The zero-order valence-electron chi connectivity index (χ0n) is 6.96. The fraction of sp³-hybridized carbons (Fsp3) is 0.333. The largest absolute Gasteiger partial charge is 0.257 e. The average Bonchev–Trinajstić information content (AvgIpc) is 1.95. The lowest BCUT2D eigenvalue weighted by atomic mass is 10.2. The van der Waals surface area contributed by atoms with Gasteiger partial charge in [-0.2, -0.15) is 0 Å². The molecule has 1 aromatic rings. The molecule has 2 heteroatoms.